The van der Waals surface area contributed by atoms with Gasteiger partial charge in [0.05, 0.1) is 28.4 Å². The Hall–Kier alpha value is -7.62. The number of carbonyl (C=O) groups is 2. The third-order valence-corrected chi connectivity index (χ3v) is 13.1. The summed E-state index contributed by atoms with van der Waals surface area (Å²) in [6, 6.07) is 28.3. The van der Waals surface area contributed by atoms with Crippen LogP contribution in [0.2, 0.25) is 5.02 Å². The first-order valence-electron chi connectivity index (χ1n) is 21.4. The van der Waals surface area contributed by atoms with Crippen LogP contribution in [0.3, 0.4) is 0 Å². The predicted molar refractivity (Wildman–Crippen MR) is 260 cm³/mol. The Labute approximate surface area is 396 Å². The van der Waals surface area contributed by atoms with Crippen LogP contribution in [-0.4, -0.2) is 71.0 Å². The molecule has 0 atom stereocenters. The monoisotopic (exact) mass is 979 g/mol. The molecule has 19 nitrogen and oxygen atoms in total. The zero-order chi connectivity index (χ0) is 47.8. The highest BCUT2D eigenvalue weighted by Crippen LogP contribution is 2.28. The summed E-state index contributed by atoms with van der Waals surface area (Å²) in [6.45, 7) is 4.52. The van der Waals surface area contributed by atoms with E-state index in [9.17, 15) is 26.4 Å². The maximum atomic E-state index is 12.8. The molecule has 7 N–H and O–H groups in total. The van der Waals surface area contributed by atoms with Gasteiger partial charge in [-0.2, -0.15) is 16.8 Å². The molecule has 3 heterocycles. The highest BCUT2D eigenvalue weighted by Gasteiger charge is 2.21. The fourth-order valence-electron chi connectivity index (χ4n) is 7.05. The number of benzene rings is 5. The number of H-pyrrole nitrogens is 2. The molecule has 1 saturated carbocycles. The summed E-state index contributed by atoms with van der Waals surface area (Å²) >= 11 is 5.93. The molecule has 3 aromatic heterocycles. The van der Waals surface area contributed by atoms with Crippen LogP contribution in [0.1, 0.15) is 39.5 Å². The lowest BCUT2D eigenvalue weighted by molar-refractivity contribution is 0.250. The van der Waals surface area contributed by atoms with Gasteiger partial charge in [-0.05, 0) is 110 Å². The summed E-state index contributed by atoms with van der Waals surface area (Å²) in [7, 11) is -8.06. The molecule has 0 aliphatic heterocycles. The molecule has 5 aromatic carbocycles. The van der Waals surface area contributed by atoms with Gasteiger partial charge in [0.1, 0.15) is 21.3 Å². The molecule has 1 fully saturated rings. The first-order chi connectivity index (χ1) is 32.6. The second-order valence-corrected chi connectivity index (χ2v) is 19.6. The summed E-state index contributed by atoms with van der Waals surface area (Å²) in [4.78, 5) is 42.7. The number of hydrogen-bond acceptors (Lipinski definition) is 12. The molecule has 8 aromatic rings. The molecule has 0 spiro atoms. The van der Waals surface area contributed by atoms with Crippen LogP contribution < -0.4 is 35.0 Å². The van der Waals surface area contributed by atoms with Gasteiger partial charge in [-0.1, -0.05) is 44.4 Å². The van der Waals surface area contributed by atoms with Crippen LogP contribution in [-0.2, 0) is 20.2 Å². The molecule has 0 bridgehead atoms. The predicted octanol–water partition coefficient (Wildman–Crippen LogP) is 9.28. The molecule has 0 saturated heterocycles. The van der Waals surface area contributed by atoms with Crippen molar-refractivity contribution in [1.82, 2.24) is 34.8 Å². The van der Waals surface area contributed by atoms with E-state index in [4.69, 9.17) is 20.0 Å². The Morgan fingerprint density at radius 3 is 1.84 bits per heavy atom. The number of aromatic amines is 2. The Morgan fingerprint density at radius 2 is 1.29 bits per heavy atom. The van der Waals surface area contributed by atoms with Crippen molar-refractivity contribution in [1.29, 1.82) is 0 Å². The van der Waals surface area contributed by atoms with Crippen molar-refractivity contribution in [3.8, 4) is 17.2 Å². The lowest BCUT2D eigenvalue weighted by atomic mass is 10.2. The molecule has 0 unspecified atom stereocenters. The largest absolute Gasteiger partial charge is 0.382 e. The Kier molecular flexibility index (Phi) is 14.1. The topological polar surface area (TPSA) is 256 Å². The minimum Gasteiger partial charge on any atom is -0.382 e. The zero-order valence-electron chi connectivity index (χ0n) is 36.6. The van der Waals surface area contributed by atoms with Crippen molar-refractivity contribution in [3.05, 3.63) is 133 Å². The first kappa shape index (κ1) is 46.9. The molecule has 22 heteroatoms. The fraction of sp³-hybridized carbons (Fsp3) is 0.196. The van der Waals surface area contributed by atoms with Gasteiger partial charge < -0.3 is 38.9 Å². The summed E-state index contributed by atoms with van der Waals surface area (Å²) < 4.78 is 63.3. The summed E-state index contributed by atoms with van der Waals surface area (Å²) in [6.07, 6.45) is 9.71. The number of urea groups is 2. The van der Waals surface area contributed by atoms with E-state index in [1.807, 2.05) is 13.8 Å². The second-order valence-electron chi connectivity index (χ2n) is 16.0. The van der Waals surface area contributed by atoms with Crippen molar-refractivity contribution in [3.63, 3.8) is 0 Å². The van der Waals surface area contributed by atoms with Crippen molar-refractivity contribution in [2.45, 2.75) is 55.4 Å². The van der Waals surface area contributed by atoms with Crippen molar-refractivity contribution < 1.29 is 34.8 Å². The van der Waals surface area contributed by atoms with Crippen molar-refractivity contribution >= 4 is 89.2 Å². The molecule has 4 amide bonds. The summed E-state index contributed by atoms with van der Waals surface area (Å²) in [5.41, 5.74) is 4.29. The number of amides is 4. The average Bonchev–Trinajstić information content (AvgIpc) is 4.15. The summed E-state index contributed by atoms with van der Waals surface area (Å²) in [5.74, 6) is 0.997. The zero-order valence-corrected chi connectivity index (χ0v) is 39.0. The molecule has 1 aliphatic carbocycles. The molecule has 1 aliphatic rings. The van der Waals surface area contributed by atoms with Crippen LogP contribution in [0.25, 0.3) is 27.8 Å². The van der Waals surface area contributed by atoms with Crippen molar-refractivity contribution in [2.75, 3.05) is 27.8 Å². The SMILES string of the molecule is CC(C)CNC(=O)Nc1nc2ccc(OS(=O)(=O)c3ccc(-n4ccnc4)cc3)cc2[nH]1.O=C(Nc1cccc(Cl)c1)Nc1nc2ccc(OS(=O)(=O)c3ccc(NC4CCCC4)cc3)cc2[nH]1. The number of anilines is 4. The molecule has 0 radical (unpaired) electrons. The van der Waals surface area contributed by atoms with E-state index in [0.717, 1.165) is 24.2 Å². The van der Waals surface area contributed by atoms with Crippen LogP contribution in [0.15, 0.2) is 138 Å². The van der Waals surface area contributed by atoms with Crippen LogP contribution in [0.5, 0.6) is 11.5 Å². The van der Waals surface area contributed by atoms with Crippen molar-refractivity contribution in [2.24, 2.45) is 5.92 Å². The number of carbonyl (C=O) groups excluding carboxylic acids is 2. The molecular weight excluding hydrogens is 934 g/mol. The van der Waals surface area contributed by atoms with E-state index in [1.54, 1.807) is 84.0 Å². The summed E-state index contributed by atoms with van der Waals surface area (Å²) in [5, 5.41) is 14.5. The number of nitrogens with zero attached hydrogens (tertiary/aromatic N) is 4. The number of fused-ring (bicyclic) bond motifs is 2. The number of rotatable bonds is 14. The fourth-order valence-corrected chi connectivity index (χ4v) is 9.09. The lowest BCUT2D eigenvalue weighted by Crippen LogP contribution is -2.31. The van der Waals surface area contributed by atoms with Gasteiger partial charge in [0.25, 0.3) is 0 Å². The molecule has 9 rings (SSSR count). The van der Waals surface area contributed by atoms with E-state index < -0.39 is 26.3 Å². The number of hydrogen-bond donors (Lipinski definition) is 7. The van der Waals surface area contributed by atoms with E-state index >= 15 is 0 Å². The standard InChI is InChI=1S/C25H24ClN5O4S.C21H22N6O4S/c26-16-4-3-7-19(14-16)28-25(32)31-24-29-22-13-10-20(15-23(22)30-24)35-36(33,34)21-11-8-18(9-12-21)27-17-5-1-2-6-17;1-14(2)12-23-21(28)26-20-24-18-8-5-16(11-19(18)25-20)31-32(29,30)17-6-3-15(4-7-17)27-10-9-22-13-27/h3-4,7-15,17,27H,1-2,5-6H2,(H3,28,29,30,31,32);3-11,13-14H,12H2,1-2H3,(H3,23,24,25,26,28). The maximum absolute atomic E-state index is 12.8. The first-order valence-corrected chi connectivity index (χ1v) is 24.6. The Bertz CT molecular complexity index is 3270. The quantitative estimate of drug-likeness (QED) is 0.0503. The normalized spacial score (nSPS) is 12.9. The molecule has 68 heavy (non-hydrogen) atoms. The van der Waals surface area contributed by atoms with Crippen LogP contribution in [0.4, 0.5) is 32.9 Å². The number of aromatic nitrogens is 6. The van der Waals surface area contributed by atoms with Gasteiger partial charge in [0, 0.05) is 59.2 Å². The highest BCUT2D eigenvalue weighted by molar-refractivity contribution is 7.87. The van der Waals surface area contributed by atoms with Gasteiger partial charge in [-0.3, -0.25) is 10.6 Å². The van der Waals surface area contributed by atoms with Crippen LogP contribution in [0, 0.1) is 5.92 Å². The number of halogens is 1. The molecular formula is C46H46ClN11O8S2. The van der Waals surface area contributed by atoms with Gasteiger partial charge in [-0.15, -0.1) is 0 Å². The lowest BCUT2D eigenvalue weighted by Gasteiger charge is -2.14. The minimum atomic E-state index is -4.03. The van der Waals surface area contributed by atoms with Gasteiger partial charge in [0.15, 0.2) is 0 Å². The van der Waals surface area contributed by atoms with E-state index in [-0.39, 0.29) is 39.2 Å². The van der Waals surface area contributed by atoms with Crippen LogP contribution >= 0.6 is 11.6 Å². The van der Waals surface area contributed by atoms with E-state index in [0.29, 0.717) is 51.3 Å². The molecule has 352 valence electrons. The minimum absolute atomic E-state index is 0.0234. The number of imidazole rings is 3. The average molecular weight is 981 g/mol. The third kappa shape index (κ3) is 12.2. The van der Waals surface area contributed by atoms with E-state index in [1.165, 1.54) is 61.4 Å². The highest BCUT2D eigenvalue weighted by atomic mass is 35.5. The Balaban J connectivity index is 0.000000185. The smallest absolute Gasteiger partial charge is 0.339 e. The Morgan fingerprint density at radius 1 is 0.721 bits per heavy atom. The van der Waals surface area contributed by atoms with E-state index in [2.05, 4.69) is 51.5 Å². The number of nitrogens with one attached hydrogen (secondary N) is 7. The second kappa shape index (κ2) is 20.5. The maximum Gasteiger partial charge on any atom is 0.339 e. The van der Waals surface area contributed by atoms with Gasteiger partial charge in [0.2, 0.25) is 11.9 Å². The van der Waals surface area contributed by atoms with Gasteiger partial charge >= 0.3 is 32.3 Å². The van der Waals surface area contributed by atoms with Gasteiger partial charge in [-0.25, -0.2) is 24.5 Å². The third-order valence-electron chi connectivity index (χ3n) is 10.3.